The van der Waals surface area contributed by atoms with Crippen LogP contribution in [0.25, 0.3) is 0 Å². The molecule has 0 saturated heterocycles. The van der Waals surface area contributed by atoms with E-state index in [4.69, 9.17) is 0 Å². The summed E-state index contributed by atoms with van der Waals surface area (Å²) in [4.78, 5) is 1.02. The van der Waals surface area contributed by atoms with Crippen LogP contribution in [-0.4, -0.2) is 16.7 Å². The smallest absolute Gasteiger partial charge is 0.178 e. The summed E-state index contributed by atoms with van der Waals surface area (Å²) < 4.78 is 14.1. The van der Waals surface area contributed by atoms with Gasteiger partial charge in [-0.15, -0.1) is 10.2 Å². The molecule has 6 heteroatoms. The molecule has 0 radical (unpaired) electrons. The van der Waals surface area contributed by atoms with E-state index in [0.717, 1.165) is 21.3 Å². The van der Waals surface area contributed by atoms with Crippen molar-refractivity contribution in [1.82, 2.24) is 15.5 Å². The zero-order chi connectivity index (χ0) is 12.1. The lowest BCUT2D eigenvalue weighted by Gasteiger charge is -2.08. The average molecular weight is 269 g/mol. The summed E-state index contributed by atoms with van der Waals surface area (Å²) in [5.74, 6) is -0.209. The molecule has 1 N–H and O–H groups in total. The van der Waals surface area contributed by atoms with E-state index in [1.165, 1.54) is 29.2 Å². The lowest BCUT2D eigenvalue weighted by molar-refractivity contribution is 0.619. The maximum Gasteiger partial charge on any atom is 0.178 e. The molecule has 0 amide bonds. The largest absolute Gasteiger partial charge is 0.313 e. The van der Waals surface area contributed by atoms with Crippen LogP contribution >= 0.6 is 23.1 Å². The van der Waals surface area contributed by atoms with E-state index in [1.54, 1.807) is 17.6 Å². The first kappa shape index (κ1) is 12.5. The van der Waals surface area contributed by atoms with Gasteiger partial charge in [0.25, 0.3) is 0 Å². The summed E-state index contributed by atoms with van der Waals surface area (Å²) in [5.41, 5.74) is 2.64. The van der Waals surface area contributed by atoms with Crippen LogP contribution in [0.1, 0.15) is 12.5 Å². The minimum Gasteiger partial charge on any atom is -0.313 e. The van der Waals surface area contributed by atoms with Crippen molar-refractivity contribution >= 4 is 23.1 Å². The fourth-order valence-electron chi connectivity index (χ4n) is 1.35. The SMILES string of the molecule is CCNCc1cc(F)ccc1Sc1nncs1. The molecule has 17 heavy (non-hydrogen) atoms. The van der Waals surface area contributed by atoms with Crippen LogP contribution in [0.5, 0.6) is 0 Å². The van der Waals surface area contributed by atoms with Crippen molar-refractivity contribution in [1.29, 1.82) is 0 Å². The van der Waals surface area contributed by atoms with Crippen molar-refractivity contribution < 1.29 is 4.39 Å². The second-order valence-electron chi connectivity index (χ2n) is 3.34. The third-order valence-corrected chi connectivity index (χ3v) is 4.02. The summed E-state index contributed by atoms with van der Waals surface area (Å²) >= 11 is 3.00. The van der Waals surface area contributed by atoms with Crippen molar-refractivity contribution in [3.8, 4) is 0 Å². The monoisotopic (exact) mass is 269 g/mol. The van der Waals surface area contributed by atoms with Crippen LogP contribution in [0.15, 0.2) is 32.9 Å². The Morgan fingerprint density at radius 2 is 2.35 bits per heavy atom. The Labute approximate surface area is 107 Å². The molecule has 0 aliphatic rings. The second-order valence-corrected chi connectivity index (χ2v) is 5.46. The van der Waals surface area contributed by atoms with Gasteiger partial charge >= 0.3 is 0 Å². The highest BCUT2D eigenvalue weighted by molar-refractivity contribution is 8.01. The van der Waals surface area contributed by atoms with Gasteiger partial charge in [0.2, 0.25) is 0 Å². The van der Waals surface area contributed by atoms with Gasteiger partial charge in [-0.05, 0) is 30.3 Å². The fourth-order valence-corrected chi connectivity index (χ4v) is 2.89. The molecular weight excluding hydrogens is 257 g/mol. The molecule has 0 saturated carbocycles. The van der Waals surface area contributed by atoms with Crippen LogP contribution in [0, 0.1) is 5.82 Å². The van der Waals surface area contributed by atoms with Gasteiger partial charge in [0.1, 0.15) is 11.3 Å². The van der Waals surface area contributed by atoms with E-state index in [0.29, 0.717) is 6.54 Å². The highest BCUT2D eigenvalue weighted by atomic mass is 32.2. The Morgan fingerprint density at radius 3 is 3.06 bits per heavy atom. The zero-order valence-corrected chi connectivity index (χ0v) is 10.9. The van der Waals surface area contributed by atoms with Gasteiger partial charge in [0.15, 0.2) is 4.34 Å². The topological polar surface area (TPSA) is 37.8 Å². The molecule has 0 aliphatic heterocycles. The summed E-state index contributed by atoms with van der Waals surface area (Å²) in [6.45, 7) is 3.55. The molecule has 0 aliphatic carbocycles. The number of nitrogens with one attached hydrogen (secondary N) is 1. The molecule has 1 heterocycles. The molecule has 0 bridgehead atoms. The lowest BCUT2D eigenvalue weighted by atomic mass is 10.2. The van der Waals surface area contributed by atoms with Gasteiger partial charge in [0.05, 0.1) is 0 Å². The van der Waals surface area contributed by atoms with Crippen molar-refractivity contribution in [3.63, 3.8) is 0 Å². The first-order chi connectivity index (χ1) is 8.29. The van der Waals surface area contributed by atoms with Gasteiger partial charge in [-0.3, -0.25) is 0 Å². The van der Waals surface area contributed by atoms with Gasteiger partial charge < -0.3 is 5.32 Å². The Kier molecular flexibility index (Phi) is 4.47. The van der Waals surface area contributed by atoms with E-state index < -0.39 is 0 Å². The Hall–Kier alpha value is -0.980. The van der Waals surface area contributed by atoms with Gasteiger partial charge in [-0.2, -0.15) is 0 Å². The van der Waals surface area contributed by atoms with Crippen LogP contribution in [0.3, 0.4) is 0 Å². The Bertz CT molecular complexity index is 474. The number of halogens is 1. The molecular formula is C11H12FN3S2. The first-order valence-electron chi connectivity index (χ1n) is 5.22. The average Bonchev–Trinajstić information content (AvgIpc) is 2.82. The number of aromatic nitrogens is 2. The number of hydrogen-bond donors (Lipinski definition) is 1. The van der Waals surface area contributed by atoms with Gasteiger partial charge in [-0.1, -0.05) is 30.0 Å². The summed E-state index contributed by atoms with van der Waals surface area (Å²) in [6, 6.07) is 4.82. The third-order valence-electron chi connectivity index (χ3n) is 2.13. The van der Waals surface area contributed by atoms with Crippen LogP contribution in [0.4, 0.5) is 4.39 Å². The van der Waals surface area contributed by atoms with E-state index >= 15 is 0 Å². The van der Waals surface area contributed by atoms with Crippen molar-refractivity contribution in [2.24, 2.45) is 0 Å². The van der Waals surface area contributed by atoms with Crippen LogP contribution in [0.2, 0.25) is 0 Å². The predicted molar refractivity (Wildman–Crippen MR) is 67.8 cm³/mol. The highest BCUT2D eigenvalue weighted by Gasteiger charge is 2.07. The minimum atomic E-state index is -0.209. The number of rotatable bonds is 5. The molecule has 90 valence electrons. The molecule has 2 rings (SSSR count). The second kappa shape index (κ2) is 6.09. The van der Waals surface area contributed by atoms with Crippen LogP contribution in [-0.2, 0) is 6.54 Å². The van der Waals surface area contributed by atoms with E-state index in [9.17, 15) is 4.39 Å². The van der Waals surface area contributed by atoms with Crippen LogP contribution < -0.4 is 5.32 Å². The highest BCUT2D eigenvalue weighted by Crippen LogP contribution is 2.31. The maximum absolute atomic E-state index is 13.2. The zero-order valence-electron chi connectivity index (χ0n) is 9.31. The van der Waals surface area contributed by atoms with E-state index in [2.05, 4.69) is 15.5 Å². The maximum atomic E-state index is 13.2. The summed E-state index contributed by atoms with van der Waals surface area (Å²) in [6.07, 6.45) is 0. The minimum absolute atomic E-state index is 0.209. The van der Waals surface area contributed by atoms with Gasteiger partial charge in [0, 0.05) is 11.4 Å². The number of hydrogen-bond acceptors (Lipinski definition) is 5. The van der Waals surface area contributed by atoms with Gasteiger partial charge in [-0.25, -0.2) is 4.39 Å². The molecule has 3 nitrogen and oxygen atoms in total. The molecule has 0 unspecified atom stereocenters. The summed E-state index contributed by atoms with van der Waals surface area (Å²) in [7, 11) is 0. The third kappa shape index (κ3) is 3.49. The van der Waals surface area contributed by atoms with Crippen molar-refractivity contribution in [2.45, 2.75) is 22.7 Å². The lowest BCUT2D eigenvalue weighted by Crippen LogP contribution is -2.12. The van der Waals surface area contributed by atoms with E-state index in [-0.39, 0.29) is 5.82 Å². The normalized spacial score (nSPS) is 10.7. The van der Waals surface area contributed by atoms with Crippen molar-refractivity contribution in [2.75, 3.05) is 6.54 Å². The molecule has 0 atom stereocenters. The quantitative estimate of drug-likeness (QED) is 0.905. The number of nitrogens with zero attached hydrogens (tertiary/aromatic N) is 2. The Balaban J connectivity index is 2.19. The molecule has 2 aromatic rings. The van der Waals surface area contributed by atoms with Crippen molar-refractivity contribution in [3.05, 3.63) is 35.1 Å². The standard InChI is InChI=1S/C11H12FN3S2/c1-2-13-6-8-5-9(12)3-4-10(8)17-11-15-14-7-16-11/h3-5,7,13H,2,6H2,1H3. The molecule has 1 aromatic carbocycles. The first-order valence-corrected chi connectivity index (χ1v) is 6.92. The fraction of sp³-hybridized carbons (Fsp3) is 0.273. The predicted octanol–water partition coefficient (Wildman–Crippen LogP) is 2.94. The molecule has 0 fully saturated rings. The number of benzene rings is 1. The Morgan fingerprint density at radius 1 is 1.47 bits per heavy atom. The molecule has 0 spiro atoms. The summed E-state index contributed by atoms with van der Waals surface area (Å²) in [5, 5.41) is 11.0. The van der Waals surface area contributed by atoms with E-state index in [1.807, 2.05) is 6.92 Å². The molecule has 1 aromatic heterocycles.